The van der Waals surface area contributed by atoms with Gasteiger partial charge in [0, 0.05) is 11.8 Å². The molecule has 1 aliphatic heterocycles. The van der Waals surface area contributed by atoms with Crippen molar-refractivity contribution >= 4 is 0 Å². The highest BCUT2D eigenvalue weighted by Gasteiger charge is 2.76. The summed E-state index contributed by atoms with van der Waals surface area (Å²) in [6, 6.07) is 0. The van der Waals surface area contributed by atoms with Gasteiger partial charge in [-0.25, -0.2) is 0 Å². The largest absolute Gasteiger partial charge is 0.393 e. The van der Waals surface area contributed by atoms with Crippen molar-refractivity contribution in [3.63, 3.8) is 0 Å². The van der Waals surface area contributed by atoms with Gasteiger partial charge in [0.05, 0.1) is 17.8 Å². The van der Waals surface area contributed by atoms with Gasteiger partial charge in [0.25, 0.3) is 0 Å². The molecular weight excluding hydrogens is 384 g/mol. The summed E-state index contributed by atoms with van der Waals surface area (Å²) in [5.41, 5.74) is 0.213. The zero-order chi connectivity index (χ0) is 22.4. The van der Waals surface area contributed by atoms with Gasteiger partial charge in [0.2, 0.25) is 0 Å². The molecule has 178 valence electrons. The summed E-state index contributed by atoms with van der Waals surface area (Å²) in [5.74, 6) is 4.41. The maximum Gasteiger partial charge on any atom is 0.103 e. The Labute approximate surface area is 190 Å². The lowest BCUT2D eigenvalue weighted by Gasteiger charge is -2.59. The first-order valence-electron chi connectivity index (χ1n) is 13.5. The number of rotatable bonds is 5. The van der Waals surface area contributed by atoms with E-state index >= 15 is 0 Å². The zero-order valence-corrected chi connectivity index (χ0v) is 21.0. The third-order valence-corrected chi connectivity index (χ3v) is 12.1. The molecule has 5 aliphatic rings. The average molecular weight is 433 g/mol. The minimum absolute atomic E-state index is 0.0120. The molecule has 1 saturated heterocycles. The molecule has 0 aromatic rings. The Hall–Kier alpha value is -0.120. The molecule has 11 atom stereocenters. The molecular formula is C28H48O3. The van der Waals surface area contributed by atoms with E-state index in [-0.39, 0.29) is 17.1 Å². The van der Waals surface area contributed by atoms with Crippen LogP contribution in [0.25, 0.3) is 0 Å². The van der Waals surface area contributed by atoms with E-state index in [0.29, 0.717) is 17.4 Å². The number of hydrogen-bond acceptors (Lipinski definition) is 3. The molecule has 2 N–H and O–H groups in total. The molecule has 1 heterocycles. The molecule has 0 radical (unpaired) electrons. The fourth-order valence-corrected chi connectivity index (χ4v) is 9.70. The topological polar surface area (TPSA) is 53.0 Å². The molecule has 31 heavy (non-hydrogen) atoms. The quantitative estimate of drug-likeness (QED) is 0.527. The molecule has 5 rings (SSSR count). The molecule has 4 aliphatic carbocycles. The van der Waals surface area contributed by atoms with Gasteiger partial charge in [-0.1, -0.05) is 34.1 Å². The second-order valence-corrected chi connectivity index (χ2v) is 13.8. The molecule has 0 aromatic carbocycles. The van der Waals surface area contributed by atoms with Crippen molar-refractivity contribution < 1.29 is 14.9 Å². The van der Waals surface area contributed by atoms with E-state index in [9.17, 15) is 10.2 Å². The first-order valence-corrected chi connectivity index (χ1v) is 13.5. The predicted octanol–water partition coefficient (Wildman–Crippen LogP) is 5.96. The Bertz CT molecular complexity index is 699. The SMILES string of the molecule is CC(CCC(C)C(C)(C)O)C1CCC2C3CC4OC45CC(O)CCC5(C)C3CCC12C. The van der Waals surface area contributed by atoms with Crippen LogP contribution in [0.2, 0.25) is 0 Å². The van der Waals surface area contributed by atoms with Crippen molar-refractivity contribution in [1.29, 1.82) is 0 Å². The number of fused-ring (bicyclic) bond motifs is 4. The summed E-state index contributed by atoms with van der Waals surface area (Å²) < 4.78 is 6.50. The van der Waals surface area contributed by atoms with E-state index in [1.807, 2.05) is 13.8 Å². The summed E-state index contributed by atoms with van der Waals surface area (Å²) in [6.07, 6.45) is 12.5. The van der Waals surface area contributed by atoms with Gasteiger partial charge in [-0.2, -0.15) is 0 Å². The highest BCUT2D eigenvalue weighted by Crippen LogP contribution is 2.74. The highest BCUT2D eigenvalue weighted by molar-refractivity contribution is 5.24. The molecule has 0 aromatic heterocycles. The molecule has 0 bridgehead atoms. The standard InChI is InChI=1S/C28H48O3/c1-17(7-8-18(2)25(3,4)30)21-9-10-22-20-15-24-28(31-24)16-19(29)11-14-27(28,6)23(20)12-13-26(21,22)5/h17-24,29-30H,7-16H2,1-6H3. The average Bonchev–Trinajstić information content (AvgIpc) is 3.26. The van der Waals surface area contributed by atoms with Crippen molar-refractivity contribution in [2.75, 3.05) is 0 Å². The third kappa shape index (κ3) is 3.22. The van der Waals surface area contributed by atoms with Crippen molar-refractivity contribution in [3.05, 3.63) is 0 Å². The van der Waals surface area contributed by atoms with Gasteiger partial charge in [-0.15, -0.1) is 0 Å². The van der Waals surface area contributed by atoms with E-state index in [4.69, 9.17) is 4.74 Å². The van der Waals surface area contributed by atoms with Gasteiger partial charge in [0.15, 0.2) is 0 Å². The van der Waals surface area contributed by atoms with Crippen molar-refractivity contribution in [3.8, 4) is 0 Å². The highest BCUT2D eigenvalue weighted by atomic mass is 16.6. The fraction of sp³-hybridized carbons (Fsp3) is 1.00. The van der Waals surface area contributed by atoms with E-state index < -0.39 is 5.60 Å². The number of aliphatic hydroxyl groups is 2. The smallest absolute Gasteiger partial charge is 0.103 e. The third-order valence-electron chi connectivity index (χ3n) is 12.1. The van der Waals surface area contributed by atoms with Crippen molar-refractivity contribution in [2.24, 2.45) is 46.3 Å². The Balaban J connectivity index is 1.31. The minimum atomic E-state index is -0.568. The molecule has 3 heteroatoms. The van der Waals surface area contributed by atoms with Gasteiger partial charge in [-0.3, -0.25) is 0 Å². The van der Waals surface area contributed by atoms with Crippen LogP contribution in [0.15, 0.2) is 0 Å². The van der Waals surface area contributed by atoms with Crippen LogP contribution in [0, 0.1) is 46.3 Å². The van der Waals surface area contributed by atoms with Crippen LogP contribution in [0.4, 0.5) is 0 Å². The van der Waals surface area contributed by atoms with Crippen LogP contribution in [0.3, 0.4) is 0 Å². The minimum Gasteiger partial charge on any atom is -0.393 e. The summed E-state index contributed by atoms with van der Waals surface area (Å²) in [4.78, 5) is 0. The Morgan fingerprint density at radius 3 is 2.45 bits per heavy atom. The van der Waals surface area contributed by atoms with Crippen molar-refractivity contribution in [1.82, 2.24) is 0 Å². The Morgan fingerprint density at radius 2 is 1.74 bits per heavy atom. The number of epoxide rings is 1. The lowest BCUT2D eigenvalue weighted by Crippen LogP contribution is -2.58. The summed E-state index contributed by atoms with van der Waals surface area (Å²) >= 11 is 0. The molecule has 0 amide bonds. The monoisotopic (exact) mass is 432 g/mol. The second-order valence-electron chi connectivity index (χ2n) is 13.8. The van der Waals surface area contributed by atoms with Crippen LogP contribution in [-0.4, -0.2) is 33.6 Å². The van der Waals surface area contributed by atoms with Crippen LogP contribution >= 0.6 is 0 Å². The first kappa shape index (κ1) is 22.7. The molecule has 11 unspecified atom stereocenters. The van der Waals surface area contributed by atoms with Gasteiger partial charge >= 0.3 is 0 Å². The normalized spacial score (nSPS) is 53.0. The van der Waals surface area contributed by atoms with E-state index in [0.717, 1.165) is 55.3 Å². The lowest BCUT2D eigenvalue weighted by atomic mass is 9.44. The Kier molecular flexibility index (Phi) is 5.25. The van der Waals surface area contributed by atoms with E-state index in [1.54, 1.807) is 0 Å². The number of aliphatic hydroxyl groups excluding tert-OH is 1. The molecule has 5 fully saturated rings. The van der Waals surface area contributed by atoms with E-state index in [2.05, 4.69) is 27.7 Å². The molecule has 3 nitrogen and oxygen atoms in total. The lowest BCUT2D eigenvalue weighted by molar-refractivity contribution is -0.116. The van der Waals surface area contributed by atoms with Crippen LogP contribution in [0.5, 0.6) is 0 Å². The number of ether oxygens (including phenoxy) is 1. The van der Waals surface area contributed by atoms with Gasteiger partial charge in [0.1, 0.15) is 5.60 Å². The van der Waals surface area contributed by atoms with E-state index in [1.165, 1.54) is 38.5 Å². The summed E-state index contributed by atoms with van der Waals surface area (Å²) in [6.45, 7) is 13.8. The summed E-state index contributed by atoms with van der Waals surface area (Å²) in [5, 5.41) is 20.7. The van der Waals surface area contributed by atoms with Crippen LogP contribution in [-0.2, 0) is 4.74 Å². The van der Waals surface area contributed by atoms with Crippen LogP contribution < -0.4 is 0 Å². The fourth-order valence-electron chi connectivity index (χ4n) is 9.70. The predicted molar refractivity (Wildman–Crippen MR) is 125 cm³/mol. The zero-order valence-electron chi connectivity index (χ0n) is 21.0. The molecule has 4 saturated carbocycles. The maximum absolute atomic E-state index is 10.4. The molecule has 1 spiro atoms. The summed E-state index contributed by atoms with van der Waals surface area (Å²) in [7, 11) is 0. The second kappa shape index (κ2) is 7.19. The Morgan fingerprint density at radius 1 is 1.00 bits per heavy atom. The van der Waals surface area contributed by atoms with Crippen molar-refractivity contribution in [2.45, 2.75) is 129 Å². The maximum atomic E-state index is 10.4. The number of hydrogen-bond donors (Lipinski definition) is 2. The van der Waals surface area contributed by atoms with Gasteiger partial charge < -0.3 is 14.9 Å². The van der Waals surface area contributed by atoms with Gasteiger partial charge in [-0.05, 0) is 106 Å². The van der Waals surface area contributed by atoms with Crippen LogP contribution in [0.1, 0.15) is 106 Å². The first-order chi connectivity index (χ1) is 14.4.